The molecular weight excluding hydrogens is 320 g/mol. The van der Waals surface area contributed by atoms with E-state index >= 15 is 0 Å². The lowest BCUT2D eigenvalue weighted by Crippen LogP contribution is -2.32. The highest BCUT2D eigenvalue weighted by atomic mass is 15.1. The van der Waals surface area contributed by atoms with Crippen molar-refractivity contribution in [2.75, 3.05) is 0 Å². The standard InChI is InChI=1S/C22H21N4/c1-13-9-19-16(11-21-24-17-7-5-6-8-18(17)26(19)21)22(15(13)3)20-10-14(2)23-12-25(20)4/h5-10,12H,11H2,1-4H3/q+1. The van der Waals surface area contributed by atoms with Crippen LogP contribution in [0.4, 0.5) is 0 Å². The van der Waals surface area contributed by atoms with E-state index in [1.165, 1.54) is 39.2 Å². The number of aromatic nitrogens is 4. The largest absolute Gasteiger partial charge is 0.296 e. The summed E-state index contributed by atoms with van der Waals surface area (Å²) in [5, 5.41) is 0. The number of rotatable bonds is 1. The molecule has 1 aliphatic heterocycles. The van der Waals surface area contributed by atoms with Gasteiger partial charge in [-0.15, -0.1) is 0 Å². The maximum atomic E-state index is 4.89. The highest BCUT2D eigenvalue weighted by molar-refractivity contribution is 5.83. The van der Waals surface area contributed by atoms with Crippen molar-refractivity contribution in [2.24, 2.45) is 7.05 Å². The lowest BCUT2D eigenvalue weighted by Gasteiger charge is -2.15. The van der Waals surface area contributed by atoms with E-state index in [1.807, 2.05) is 13.3 Å². The van der Waals surface area contributed by atoms with Crippen LogP contribution in [-0.2, 0) is 13.5 Å². The second-order valence-electron chi connectivity index (χ2n) is 7.25. The summed E-state index contributed by atoms with van der Waals surface area (Å²) in [7, 11) is 2.07. The summed E-state index contributed by atoms with van der Waals surface area (Å²) in [4.78, 5) is 9.31. The Morgan fingerprint density at radius 2 is 1.88 bits per heavy atom. The van der Waals surface area contributed by atoms with E-state index in [0.29, 0.717) is 0 Å². The molecule has 0 aliphatic carbocycles. The molecule has 0 spiro atoms. The third kappa shape index (κ3) is 1.99. The van der Waals surface area contributed by atoms with Crippen molar-refractivity contribution in [1.29, 1.82) is 0 Å². The van der Waals surface area contributed by atoms with Gasteiger partial charge in [0.15, 0.2) is 5.69 Å². The first kappa shape index (κ1) is 15.3. The van der Waals surface area contributed by atoms with Gasteiger partial charge in [-0.1, -0.05) is 17.1 Å². The van der Waals surface area contributed by atoms with Gasteiger partial charge in [0, 0.05) is 25.0 Å². The topological polar surface area (TPSA) is 34.6 Å². The molecular formula is C22H21N4+. The maximum absolute atomic E-state index is 4.89. The molecule has 2 aromatic carbocycles. The Morgan fingerprint density at radius 1 is 1.08 bits per heavy atom. The molecule has 0 saturated carbocycles. The minimum Gasteiger partial charge on any atom is -0.296 e. The molecule has 2 aromatic heterocycles. The molecule has 1 aliphatic rings. The van der Waals surface area contributed by atoms with Crippen LogP contribution in [0.3, 0.4) is 0 Å². The van der Waals surface area contributed by atoms with Crippen molar-refractivity contribution in [1.82, 2.24) is 14.5 Å². The van der Waals surface area contributed by atoms with E-state index in [2.05, 4.69) is 71.4 Å². The van der Waals surface area contributed by atoms with Crippen LogP contribution in [0.25, 0.3) is 28.0 Å². The van der Waals surface area contributed by atoms with Gasteiger partial charge in [-0.25, -0.2) is 9.55 Å². The molecule has 128 valence electrons. The summed E-state index contributed by atoms with van der Waals surface area (Å²) in [6, 6.07) is 12.9. The first-order chi connectivity index (χ1) is 12.5. The molecule has 4 aromatic rings. The van der Waals surface area contributed by atoms with E-state index < -0.39 is 0 Å². The smallest absolute Gasteiger partial charge is 0.286 e. The van der Waals surface area contributed by atoms with Crippen LogP contribution in [0, 0.1) is 20.8 Å². The highest BCUT2D eigenvalue weighted by Crippen LogP contribution is 2.40. The van der Waals surface area contributed by atoms with Crippen molar-refractivity contribution in [3.8, 4) is 16.9 Å². The van der Waals surface area contributed by atoms with Crippen LogP contribution in [0.5, 0.6) is 0 Å². The maximum Gasteiger partial charge on any atom is 0.286 e. The molecule has 26 heavy (non-hydrogen) atoms. The lowest BCUT2D eigenvalue weighted by atomic mass is 9.92. The fourth-order valence-corrected chi connectivity index (χ4v) is 4.12. The number of para-hydroxylation sites is 2. The molecule has 0 unspecified atom stereocenters. The average Bonchev–Trinajstić information content (AvgIpc) is 3.15. The van der Waals surface area contributed by atoms with E-state index in [-0.39, 0.29) is 0 Å². The van der Waals surface area contributed by atoms with E-state index in [1.54, 1.807) is 0 Å². The van der Waals surface area contributed by atoms with Crippen molar-refractivity contribution < 1.29 is 4.57 Å². The lowest BCUT2D eigenvalue weighted by molar-refractivity contribution is -0.663. The number of imidazole rings is 1. The predicted molar refractivity (Wildman–Crippen MR) is 102 cm³/mol. The first-order valence-electron chi connectivity index (χ1n) is 8.97. The summed E-state index contributed by atoms with van der Waals surface area (Å²) in [6.45, 7) is 6.47. The summed E-state index contributed by atoms with van der Waals surface area (Å²) in [5.41, 5.74) is 11.1. The SMILES string of the molecule is Cc1cc(-c2c(C)c(C)cc3c2Cc2nc4ccccc4n2-3)[n+](C)cn1. The summed E-state index contributed by atoms with van der Waals surface area (Å²) >= 11 is 0. The zero-order valence-electron chi connectivity index (χ0n) is 15.5. The van der Waals surface area contributed by atoms with Crippen LogP contribution in [-0.4, -0.2) is 14.5 Å². The van der Waals surface area contributed by atoms with Gasteiger partial charge in [0.2, 0.25) is 0 Å². The van der Waals surface area contributed by atoms with Gasteiger partial charge in [-0.05, 0) is 48.7 Å². The average molecular weight is 341 g/mol. The minimum atomic E-state index is 0.863. The van der Waals surface area contributed by atoms with Gasteiger partial charge in [-0.2, -0.15) is 0 Å². The molecule has 5 rings (SSSR count). The van der Waals surface area contributed by atoms with E-state index in [4.69, 9.17) is 4.98 Å². The fourth-order valence-electron chi connectivity index (χ4n) is 4.12. The Kier molecular flexibility index (Phi) is 3.08. The zero-order chi connectivity index (χ0) is 18.0. The minimum absolute atomic E-state index is 0.863. The summed E-state index contributed by atoms with van der Waals surface area (Å²) in [5.74, 6) is 1.13. The molecule has 0 saturated heterocycles. The van der Waals surface area contributed by atoms with Crippen LogP contribution in [0.15, 0.2) is 42.7 Å². The van der Waals surface area contributed by atoms with Gasteiger partial charge < -0.3 is 0 Å². The number of hydrogen-bond donors (Lipinski definition) is 0. The Balaban J connectivity index is 1.86. The zero-order valence-corrected chi connectivity index (χ0v) is 15.5. The Hall–Kier alpha value is -3.01. The number of nitrogens with zero attached hydrogens (tertiary/aromatic N) is 4. The summed E-state index contributed by atoms with van der Waals surface area (Å²) < 4.78 is 4.45. The molecule has 0 N–H and O–H groups in total. The third-order valence-electron chi connectivity index (χ3n) is 5.55. The fraction of sp³-hybridized carbons (Fsp3) is 0.227. The van der Waals surface area contributed by atoms with Crippen LogP contribution < -0.4 is 4.57 Å². The Bertz CT molecular complexity index is 1200. The third-order valence-corrected chi connectivity index (χ3v) is 5.55. The molecule has 4 heteroatoms. The number of aryl methyl sites for hydroxylation is 3. The number of benzene rings is 2. The monoisotopic (exact) mass is 341 g/mol. The van der Waals surface area contributed by atoms with Crippen LogP contribution in [0.2, 0.25) is 0 Å². The molecule has 0 amide bonds. The van der Waals surface area contributed by atoms with Crippen molar-refractivity contribution in [3.63, 3.8) is 0 Å². The van der Waals surface area contributed by atoms with Gasteiger partial charge in [0.25, 0.3) is 6.33 Å². The van der Waals surface area contributed by atoms with Gasteiger partial charge in [0.1, 0.15) is 11.5 Å². The van der Waals surface area contributed by atoms with Crippen LogP contribution >= 0.6 is 0 Å². The normalized spacial score (nSPS) is 12.5. The predicted octanol–water partition coefficient (Wildman–Crippen LogP) is 3.74. The molecule has 0 fully saturated rings. The van der Waals surface area contributed by atoms with Gasteiger partial charge in [0.05, 0.1) is 23.8 Å². The molecule has 0 atom stereocenters. The Morgan fingerprint density at radius 3 is 2.73 bits per heavy atom. The number of hydrogen-bond acceptors (Lipinski definition) is 2. The molecule has 0 bridgehead atoms. The van der Waals surface area contributed by atoms with E-state index in [9.17, 15) is 0 Å². The molecule has 4 nitrogen and oxygen atoms in total. The number of fused-ring (bicyclic) bond motifs is 5. The molecule has 0 radical (unpaired) electrons. The first-order valence-corrected chi connectivity index (χ1v) is 8.97. The quantitative estimate of drug-likeness (QED) is 0.435. The summed E-state index contributed by atoms with van der Waals surface area (Å²) in [6.07, 6.45) is 2.77. The second kappa shape index (κ2) is 5.24. The molecule has 3 heterocycles. The highest BCUT2D eigenvalue weighted by Gasteiger charge is 2.29. The van der Waals surface area contributed by atoms with Gasteiger partial charge >= 0.3 is 0 Å². The van der Waals surface area contributed by atoms with Crippen molar-refractivity contribution >= 4 is 11.0 Å². The van der Waals surface area contributed by atoms with Crippen molar-refractivity contribution in [2.45, 2.75) is 27.2 Å². The van der Waals surface area contributed by atoms with Crippen LogP contribution in [0.1, 0.15) is 28.2 Å². The Labute approximate surface area is 152 Å². The van der Waals surface area contributed by atoms with E-state index in [0.717, 1.165) is 23.5 Å². The van der Waals surface area contributed by atoms with Crippen molar-refractivity contribution in [3.05, 3.63) is 70.9 Å². The second-order valence-corrected chi connectivity index (χ2v) is 7.25. The van der Waals surface area contributed by atoms with Gasteiger partial charge in [-0.3, -0.25) is 4.57 Å².